The Hall–Kier alpha value is -1.82. The molecule has 1 saturated heterocycles. The van der Waals surface area contributed by atoms with Gasteiger partial charge in [0.15, 0.2) is 0 Å². The first-order chi connectivity index (χ1) is 9.99. The van der Waals surface area contributed by atoms with Crippen molar-refractivity contribution < 1.29 is 19.0 Å². The number of nitrogen functional groups attached to an aromatic ring is 1. The number of benzene rings is 1. The fraction of sp³-hybridized carbons (Fsp3) is 0.533. The molecule has 1 aromatic carbocycles. The van der Waals surface area contributed by atoms with Crippen molar-refractivity contribution in [1.29, 1.82) is 0 Å². The van der Waals surface area contributed by atoms with Crippen molar-refractivity contribution in [3.05, 3.63) is 23.5 Å². The third kappa shape index (κ3) is 2.95. The van der Waals surface area contributed by atoms with E-state index in [0.717, 1.165) is 12.5 Å². The smallest absolute Gasteiger partial charge is 0.340 e. The summed E-state index contributed by atoms with van der Waals surface area (Å²) in [5, 5.41) is 9.50. The summed E-state index contributed by atoms with van der Waals surface area (Å²) in [5.41, 5.74) is 6.21. The zero-order valence-corrected chi connectivity index (χ0v) is 12.3. The maximum atomic E-state index is 14.2. The van der Waals surface area contributed by atoms with E-state index in [2.05, 4.69) is 0 Å². The number of carbonyl (C=O) groups is 1. The second-order valence-electron chi connectivity index (χ2n) is 5.32. The molecule has 3 N–H and O–H groups in total. The number of aliphatic hydroxyl groups is 1. The van der Waals surface area contributed by atoms with Gasteiger partial charge in [0.05, 0.1) is 30.5 Å². The van der Waals surface area contributed by atoms with Crippen LogP contribution in [0.2, 0.25) is 0 Å². The van der Waals surface area contributed by atoms with Gasteiger partial charge in [0, 0.05) is 12.2 Å². The summed E-state index contributed by atoms with van der Waals surface area (Å²) in [6.45, 7) is 4.52. The number of aliphatic hydroxyl groups excluding tert-OH is 1. The first-order valence-corrected chi connectivity index (χ1v) is 7.13. The Balaban J connectivity index is 2.40. The summed E-state index contributed by atoms with van der Waals surface area (Å²) in [5.74, 6) is -0.796. The van der Waals surface area contributed by atoms with Crippen LogP contribution in [0.3, 0.4) is 0 Å². The Bertz CT molecular complexity index is 536. The summed E-state index contributed by atoms with van der Waals surface area (Å²) in [4.78, 5) is 13.7. The number of hydrogen-bond acceptors (Lipinski definition) is 5. The largest absolute Gasteiger partial charge is 0.462 e. The lowest BCUT2D eigenvalue weighted by atomic mass is 10.0. The van der Waals surface area contributed by atoms with Crippen LogP contribution in [0.15, 0.2) is 12.1 Å². The van der Waals surface area contributed by atoms with Crippen LogP contribution in [0.5, 0.6) is 0 Å². The van der Waals surface area contributed by atoms with Crippen LogP contribution in [-0.2, 0) is 4.74 Å². The van der Waals surface area contributed by atoms with Crippen molar-refractivity contribution in [1.82, 2.24) is 0 Å². The number of carbonyl (C=O) groups excluding carboxylic acids is 1. The predicted octanol–water partition coefficient (Wildman–Crippen LogP) is 1.79. The van der Waals surface area contributed by atoms with Crippen molar-refractivity contribution >= 4 is 17.3 Å². The first kappa shape index (κ1) is 15.6. The second kappa shape index (κ2) is 6.30. The van der Waals surface area contributed by atoms with E-state index >= 15 is 0 Å². The van der Waals surface area contributed by atoms with E-state index < -0.39 is 11.8 Å². The van der Waals surface area contributed by atoms with E-state index in [9.17, 15) is 14.3 Å². The minimum atomic E-state index is -0.566. The molecule has 0 saturated carbocycles. The molecule has 2 rings (SSSR count). The van der Waals surface area contributed by atoms with Gasteiger partial charge in [0.2, 0.25) is 0 Å². The van der Waals surface area contributed by atoms with Gasteiger partial charge in [-0.2, -0.15) is 0 Å². The SMILES string of the molecule is CCOC(=O)c1cc(N2CCC(C)C2CO)c(F)cc1N. The van der Waals surface area contributed by atoms with Gasteiger partial charge in [-0.25, -0.2) is 9.18 Å². The lowest BCUT2D eigenvalue weighted by Crippen LogP contribution is -2.36. The maximum absolute atomic E-state index is 14.2. The van der Waals surface area contributed by atoms with Gasteiger partial charge in [-0.15, -0.1) is 0 Å². The third-order valence-electron chi connectivity index (χ3n) is 3.99. The van der Waals surface area contributed by atoms with Crippen molar-refractivity contribution in [2.75, 3.05) is 30.4 Å². The number of nitrogens with two attached hydrogens (primary N) is 1. The maximum Gasteiger partial charge on any atom is 0.340 e. The van der Waals surface area contributed by atoms with Crippen molar-refractivity contribution in [3.63, 3.8) is 0 Å². The molecule has 0 radical (unpaired) electrons. The first-order valence-electron chi connectivity index (χ1n) is 7.13. The fourth-order valence-electron chi connectivity index (χ4n) is 2.77. The lowest BCUT2D eigenvalue weighted by molar-refractivity contribution is 0.0527. The number of anilines is 2. The van der Waals surface area contributed by atoms with Crippen LogP contribution in [0.25, 0.3) is 0 Å². The quantitative estimate of drug-likeness (QED) is 0.654. The summed E-state index contributed by atoms with van der Waals surface area (Å²) < 4.78 is 19.1. The van der Waals surface area contributed by atoms with Crippen LogP contribution in [-0.4, -0.2) is 36.9 Å². The monoisotopic (exact) mass is 296 g/mol. The Morgan fingerprint density at radius 1 is 1.57 bits per heavy atom. The molecule has 5 nitrogen and oxygen atoms in total. The van der Waals surface area contributed by atoms with E-state index in [4.69, 9.17) is 10.5 Å². The van der Waals surface area contributed by atoms with Crippen molar-refractivity contribution in [3.8, 4) is 0 Å². The molecular formula is C15H21FN2O3. The molecule has 0 aliphatic carbocycles. The van der Waals surface area contributed by atoms with Gasteiger partial charge in [0.25, 0.3) is 0 Å². The highest BCUT2D eigenvalue weighted by Gasteiger charge is 2.32. The number of ether oxygens (including phenoxy) is 1. The van der Waals surface area contributed by atoms with Crippen LogP contribution in [0.4, 0.5) is 15.8 Å². The van der Waals surface area contributed by atoms with E-state index in [-0.39, 0.29) is 42.1 Å². The van der Waals surface area contributed by atoms with Crippen molar-refractivity contribution in [2.45, 2.75) is 26.3 Å². The molecular weight excluding hydrogens is 275 g/mol. The van der Waals surface area contributed by atoms with Crippen LogP contribution in [0, 0.1) is 11.7 Å². The average Bonchev–Trinajstić information content (AvgIpc) is 2.80. The molecule has 0 amide bonds. The molecule has 21 heavy (non-hydrogen) atoms. The number of rotatable bonds is 4. The molecule has 2 unspecified atom stereocenters. The zero-order valence-electron chi connectivity index (χ0n) is 12.3. The third-order valence-corrected chi connectivity index (χ3v) is 3.99. The van der Waals surface area contributed by atoms with Gasteiger partial charge in [-0.05, 0) is 31.4 Å². The lowest BCUT2D eigenvalue weighted by Gasteiger charge is -2.28. The number of nitrogens with zero attached hydrogens (tertiary/aromatic N) is 1. The summed E-state index contributed by atoms with van der Waals surface area (Å²) in [6, 6.07) is 2.40. The minimum absolute atomic E-state index is 0.0558. The summed E-state index contributed by atoms with van der Waals surface area (Å²) in [7, 11) is 0. The molecule has 1 fully saturated rings. The zero-order chi connectivity index (χ0) is 15.6. The van der Waals surface area contributed by atoms with Gasteiger partial charge in [-0.3, -0.25) is 0 Å². The van der Waals surface area contributed by atoms with E-state index in [1.807, 2.05) is 6.92 Å². The molecule has 6 heteroatoms. The number of esters is 1. The second-order valence-corrected chi connectivity index (χ2v) is 5.32. The fourth-order valence-corrected chi connectivity index (χ4v) is 2.77. The summed E-state index contributed by atoms with van der Waals surface area (Å²) >= 11 is 0. The van der Waals surface area contributed by atoms with Gasteiger partial charge in [0.1, 0.15) is 5.82 Å². The minimum Gasteiger partial charge on any atom is -0.462 e. The normalized spacial score (nSPS) is 21.6. The van der Waals surface area contributed by atoms with Crippen LogP contribution in [0.1, 0.15) is 30.6 Å². The molecule has 1 aliphatic heterocycles. The predicted molar refractivity (Wildman–Crippen MR) is 78.8 cm³/mol. The standard InChI is InChI=1S/C15H21FN2O3/c1-3-21-15(20)10-6-13(11(16)7-12(10)17)18-5-4-9(2)14(18)8-19/h6-7,9,14,19H,3-5,8,17H2,1-2H3. The molecule has 1 heterocycles. The topological polar surface area (TPSA) is 75.8 Å². The Morgan fingerprint density at radius 2 is 2.29 bits per heavy atom. The van der Waals surface area contributed by atoms with E-state index in [1.54, 1.807) is 11.8 Å². The highest BCUT2D eigenvalue weighted by Crippen LogP contribution is 2.33. The molecule has 0 bridgehead atoms. The van der Waals surface area contributed by atoms with Gasteiger partial charge >= 0.3 is 5.97 Å². The van der Waals surface area contributed by atoms with Crippen molar-refractivity contribution in [2.24, 2.45) is 5.92 Å². The Labute approximate surface area is 123 Å². The average molecular weight is 296 g/mol. The Kier molecular flexibility index (Phi) is 4.67. The molecule has 2 atom stereocenters. The highest BCUT2D eigenvalue weighted by molar-refractivity contribution is 5.96. The van der Waals surface area contributed by atoms with Crippen LogP contribution < -0.4 is 10.6 Å². The van der Waals surface area contributed by atoms with E-state index in [0.29, 0.717) is 6.54 Å². The summed E-state index contributed by atoms with van der Waals surface area (Å²) in [6.07, 6.45) is 0.865. The molecule has 116 valence electrons. The van der Waals surface area contributed by atoms with Crippen LogP contribution >= 0.6 is 0 Å². The van der Waals surface area contributed by atoms with E-state index in [1.165, 1.54) is 6.07 Å². The number of halogens is 1. The molecule has 1 aliphatic rings. The molecule has 0 aromatic heterocycles. The Morgan fingerprint density at radius 3 is 2.90 bits per heavy atom. The van der Waals surface area contributed by atoms with Gasteiger partial charge in [-0.1, -0.05) is 6.92 Å². The molecule has 1 aromatic rings. The van der Waals surface area contributed by atoms with Gasteiger partial charge < -0.3 is 20.5 Å². The highest BCUT2D eigenvalue weighted by atomic mass is 19.1. The number of hydrogen-bond donors (Lipinski definition) is 2. The molecule has 0 spiro atoms.